The summed E-state index contributed by atoms with van der Waals surface area (Å²) in [5.74, 6) is 0.797. The molecule has 1 atom stereocenters. The molecule has 0 bridgehead atoms. The van der Waals surface area contributed by atoms with E-state index in [-0.39, 0.29) is 5.60 Å². The maximum atomic E-state index is 5.73. The second-order valence-electron chi connectivity index (χ2n) is 4.91. The molecule has 3 nitrogen and oxygen atoms in total. The molecule has 0 spiro atoms. The first-order valence-corrected chi connectivity index (χ1v) is 5.25. The lowest BCUT2D eigenvalue weighted by Gasteiger charge is -2.36. The Morgan fingerprint density at radius 1 is 1.50 bits per heavy atom. The maximum Gasteiger partial charge on any atom is 0.182 e. The van der Waals surface area contributed by atoms with E-state index in [1.54, 1.807) is 0 Å². The number of ether oxygens (including phenoxy) is 1. The highest BCUT2D eigenvalue weighted by molar-refractivity contribution is 4.91. The van der Waals surface area contributed by atoms with E-state index in [0.717, 1.165) is 25.5 Å². The van der Waals surface area contributed by atoms with E-state index < -0.39 is 0 Å². The fraction of sp³-hybridized carbons (Fsp3) is 0.818. The zero-order chi connectivity index (χ0) is 10.8. The van der Waals surface area contributed by atoms with Gasteiger partial charge in [-0.15, -0.1) is 0 Å². The standard InChI is InChI=1S/C11H22N2O/c1-9-8-13(7-6-12-9)10(2)14-11(3,4)5/h9,12H,2,6-8H2,1,3-5H3. The Kier molecular flexibility index (Phi) is 3.43. The van der Waals surface area contributed by atoms with Crippen molar-refractivity contribution in [1.29, 1.82) is 0 Å². The molecule has 0 radical (unpaired) electrons. The van der Waals surface area contributed by atoms with E-state index in [4.69, 9.17) is 4.74 Å². The molecule has 0 aromatic rings. The fourth-order valence-corrected chi connectivity index (χ4v) is 1.58. The number of piperazine rings is 1. The Balaban J connectivity index is 2.44. The highest BCUT2D eigenvalue weighted by atomic mass is 16.5. The monoisotopic (exact) mass is 198 g/mol. The summed E-state index contributed by atoms with van der Waals surface area (Å²) < 4.78 is 5.73. The SMILES string of the molecule is C=C(OC(C)(C)C)N1CCNC(C)C1. The van der Waals surface area contributed by atoms with Gasteiger partial charge in [0.1, 0.15) is 5.60 Å². The molecular weight excluding hydrogens is 176 g/mol. The van der Waals surface area contributed by atoms with Crippen molar-refractivity contribution in [2.24, 2.45) is 0 Å². The van der Waals surface area contributed by atoms with E-state index in [1.807, 2.05) is 20.8 Å². The molecule has 14 heavy (non-hydrogen) atoms. The van der Waals surface area contributed by atoms with Gasteiger partial charge in [-0.25, -0.2) is 0 Å². The highest BCUT2D eigenvalue weighted by Crippen LogP contribution is 2.16. The van der Waals surface area contributed by atoms with Gasteiger partial charge in [-0.3, -0.25) is 0 Å². The lowest BCUT2D eigenvalue weighted by atomic mass is 10.2. The summed E-state index contributed by atoms with van der Waals surface area (Å²) >= 11 is 0. The summed E-state index contributed by atoms with van der Waals surface area (Å²) in [6.45, 7) is 15.3. The molecule has 1 heterocycles. The molecule has 82 valence electrons. The van der Waals surface area contributed by atoms with Gasteiger partial charge < -0.3 is 15.0 Å². The summed E-state index contributed by atoms with van der Waals surface area (Å²) in [6.07, 6.45) is 0. The van der Waals surface area contributed by atoms with Crippen molar-refractivity contribution >= 4 is 0 Å². The van der Waals surface area contributed by atoms with Crippen LogP contribution in [0, 0.1) is 0 Å². The third-order valence-corrected chi connectivity index (χ3v) is 2.15. The molecule has 0 aromatic carbocycles. The number of hydrogen-bond acceptors (Lipinski definition) is 3. The first-order chi connectivity index (χ1) is 6.38. The minimum absolute atomic E-state index is 0.148. The molecule has 1 fully saturated rings. The van der Waals surface area contributed by atoms with Crippen LogP contribution >= 0.6 is 0 Å². The zero-order valence-corrected chi connectivity index (χ0v) is 9.76. The summed E-state index contributed by atoms with van der Waals surface area (Å²) in [4.78, 5) is 2.20. The molecule has 1 rings (SSSR count). The Labute approximate surface area is 87.1 Å². The largest absolute Gasteiger partial charge is 0.474 e. The molecular formula is C11H22N2O. The van der Waals surface area contributed by atoms with Crippen LogP contribution < -0.4 is 5.32 Å². The van der Waals surface area contributed by atoms with Gasteiger partial charge in [0.15, 0.2) is 5.88 Å². The maximum absolute atomic E-state index is 5.73. The lowest BCUT2D eigenvalue weighted by molar-refractivity contribution is -0.00327. The molecule has 0 aliphatic carbocycles. The Morgan fingerprint density at radius 2 is 2.14 bits per heavy atom. The second kappa shape index (κ2) is 4.22. The predicted molar refractivity (Wildman–Crippen MR) is 59.0 cm³/mol. The molecule has 1 N–H and O–H groups in total. The number of hydrogen-bond donors (Lipinski definition) is 1. The van der Waals surface area contributed by atoms with E-state index in [2.05, 4.69) is 23.7 Å². The predicted octanol–water partition coefficient (Wildman–Crippen LogP) is 1.57. The van der Waals surface area contributed by atoms with Crippen LogP contribution in [0.25, 0.3) is 0 Å². The summed E-state index contributed by atoms with van der Waals surface area (Å²) in [5.41, 5.74) is -0.148. The normalized spacial score (nSPS) is 23.4. The molecule has 0 amide bonds. The summed E-state index contributed by atoms with van der Waals surface area (Å²) in [6, 6.07) is 0.518. The molecule has 1 saturated heterocycles. The van der Waals surface area contributed by atoms with Crippen LogP contribution in [0.2, 0.25) is 0 Å². The van der Waals surface area contributed by atoms with Crippen LogP contribution in [0.15, 0.2) is 12.5 Å². The van der Waals surface area contributed by atoms with Gasteiger partial charge in [-0.05, 0) is 34.3 Å². The van der Waals surface area contributed by atoms with Crippen LogP contribution in [-0.2, 0) is 4.74 Å². The van der Waals surface area contributed by atoms with Crippen LogP contribution in [0.4, 0.5) is 0 Å². The average Bonchev–Trinajstić information content (AvgIpc) is 2.01. The van der Waals surface area contributed by atoms with Crippen molar-refractivity contribution < 1.29 is 4.74 Å². The summed E-state index contributed by atoms with van der Waals surface area (Å²) in [7, 11) is 0. The Hall–Kier alpha value is -0.700. The number of nitrogens with one attached hydrogen (secondary N) is 1. The van der Waals surface area contributed by atoms with Crippen molar-refractivity contribution in [1.82, 2.24) is 10.2 Å². The van der Waals surface area contributed by atoms with E-state index in [0.29, 0.717) is 6.04 Å². The summed E-state index contributed by atoms with van der Waals surface area (Å²) in [5, 5.41) is 3.39. The van der Waals surface area contributed by atoms with Crippen molar-refractivity contribution in [3.63, 3.8) is 0 Å². The number of nitrogens with zero attached hydrogens (tertiary/aromatic N) is 1. The third-order valence-electron chi connectivity index (χ3n) is 2.15. The van der Waals surface area contributed by atoms with Gasteiger partial charge in [0.25, 0.3) is 0 Å². The first kappa shape index (κ1) is 11.4. The average molecular weight is 198 g/mol. The van der Waals surface area contributed by atoms with Crippen LogP contribution in [0.3, 0.4) is 0 Å². The minimum Gasteiger partial charge on any atom is -0.474 e. The molecule has 3 heteroatoms. The van der Waals surface area contributed by atoms with Crippen LogP contribution in [0.1, 0.15) is 27.7 Å². The topological polar surface area (TPSA) is 24.5 Å². The molecule has 1 aliphatic rings. The van der Waals surface area contributed by atoms with Crippen molar-refractivity contribution in [2.75, 3.05) is 19.6 Å². The molecule has 1 unspecified atom stereocenters. The van der Waals surface area contributed by atoms with Gasteiger partial charge in [-0.1, -0.05) is 0 Å². The Morgan fingerprint density at radius 3 is 2.64 bits per heavy atom. The highest BCUT2D eigenvalue weighted by Gasteiger charge is 2.21. The van der Waals surface area contributed by atoms with Crippen LogP contribution in [0.5, 0.6) is 0 Å². The van der Waals surface area contributed by atoms with Gasteiger partial charge in [-0.2, -0.15) is 0 Å². The first-order valence-electron chi connectivity index (χ1n) is 5.25. The van der Waals surface area contributed by atoms with E-state index in [9.17, 15) is 0 Å². The lowest BCUT2D eigenvalue weighted by Crippen LogP contribution is -2.49. The molecule has 0 aromatic heterocycles. The van der Waals surface area contributed by atoms with E-state index in [1.165, 1.54) is 0 Å². The molecule has 0 saturated carbocycles. The van der Waals surface area contributed by atoms with E-state index >= 15 is 0 Å². The fourth-order valence-electron chi connectivity index (χ4n) is 1.58. The van der Waals surface area contributed by atoms with Crippen LogP contribution in [-0.4, -0.2) is 36.2 Å². The Bertz CT molecular complexity index is 208. The van der Waals surface area contributed by atoms with Crippen molar-refractivity contribution in [3.05, 3.63) is 12.5 Å². The smallest absolute Gasteiger partial charge is 0.182 e. The second-order valence-corrected chi connectivity index (χ2v) is 4.91. The quantitative estimate of drug-likeness (QED) is 0.682. The zero-order valence-electron chi connectivity index (χ0n) is 9.76. The van der Waals surface area contributed by atoms with Crippen molar-refractivity contribution in [3.8, 4) is 0 Å². The van der Waals surface area contributed by atoms with Gasteiger partial charge in [0.2, 0.25) is 0 Å². The third kappa shape index (κ3) is 3.58. The van der Waals surface area contributed by atoms with Gasteiger partial charge in [0, 0.05) is 25.7 Å². The molecule has 1 aliphatic heterocycles. The van der Waals surface area contributed by atoms with Gasteiger partial charge in [0.05, 0.1) is 0 Å². The number of rotatable bonds is 2. The van der Waals surface area contributed by atoms with Crippen molar-refractivity contribution in [2.45, 2.75) is 39.3 Å². The van der Waals surface area contributed by atoms with Gasteiger partial charge >= 0.3 is 0 Å². The minimum atomic E-state index is -0.148.